The molecular weight excluding hydrogens is 348 g/mol. The van der Waals surface area contributed by atoms with Crippen LogP contribution in [0, 0.1) is 0 Å². The van der Waals surface area contributed by atoms with Gasteiger partial charge in [-0.25, -0.2) is 4.98 Å². The Morgan fingerprint density at radius 3 is 1.93 bits per heavy atom. The highest BCUT2D eigenvalue weighted by atomic mass is 16.1. The highest BCUT2D eigenvalue weighted by molar-refractivity contribution is 5.75. The monoisotopic (exact) mass is 392 g/mol. The Morgan fingerprint density at radius 1 is 0.893 bits per heavy atom. The van der Waals surface area contributed by atoms with Gasteiger partial charge in [-0.2, -0.15) is 0 Å². The highest BCUT2D eigenvalue weighted by Gasteiger charge is 2.03. The second-order valence-electron chi connectivity index (χ2n) is 8.09. The average Bonchev–Trinajstić information content (AvgIpc) is 3.10. The van der Waals surface area contributed by atoms with Gasteiger partial charge < -0.3 is 16.0 Å². The van der Waals surface area contributed by atoms with Crippen molar-refractivity contribution < 1.29 is 4.79 Å². The predicted octanol–water partition coefficient (Wildman–Crippen LogP) is 5.91. The van der Waals surface area contributed by atoms with Gasteiger partial charge in [-0.15, -0.1) is 0 Å². The highest BCUT2D eigenvalue weighted by Crippen LogP contribution is 2.12. The molecular formula is C23H44N4O. The minimum absolute atomic E-state index is 0.155. The average molecular weight is 393 g/mol. The van der Waals surface area contributed by atoms with Crippen molar-refractivity contribution in [1.82, 2.24) is 15.3 Å². The van der Waals surface area contributed by atoms with Gasteiger partial charge in [-0.1, -0.05) is 90.4 Å². The second-order valence-corrected chi connectivity index (χ2v) is 8.09. The van der Waals surface area contributed by atoms with Crippen LogP contribution in [0.15, 0.2) is 6.20 Å². The SMILES string of the molecule is CCCCCCCCCCCCCCCCNC(=O)CCCc1cnc(N)[nH]1. The summed E-state index contributed by atoms with van der Waals surface area (Å²) in [6.45, 7) is 3.09. The van der Waals surface area contributed by atoms with E-state index in [4.69, 9.17) is 5.73 Å². The number of nitrogens with one attached hydrogen (secondary N) is 2. The van der Waals surface area contributed by atoms with Crippen LogP contribution in [0.1, 0.15) is 115 Å². The normalized spacial score (nSPS) is 11.0. The largest absolute Gasteiger partial charge is 0.369 e. The van der Waals surface area contributed by atoms with Gasteiger partial charge in [0.1, 0.15) is 0 Å². The Morgan fingerprint density at radius 2 is 1.43 bits per heavy atom. The van der Waals surface area contributed by atoms with E-state index in [9.17, 15) is 4.79 Å². The van der Waals surface area contributed by atoms with E-state index in [0.29, 0.717) is 12.4 Å². The van der Waals surface area contributed by atoms with E-state index in [0.717, 1.165) is 31.5 Å². The maximum absolute atomic E-state index is 11.8. The summed E-state index contributed by atoms with van der Waals surface area (Å²) in [5, 5.41) is 3.03. The molecule has 0 unspecified atom stereocenters. The Kier molecular flexibility index (Phi) is 15.4. The molecule has 5 heteroatoms. The van der Waals surface area contributed by atoms with Crippen LogP contribution in [0.5, 0.6) is 0 Å². The van der Waals surface area contributed by atoms with Crippen LogP contribution >= 0.6 is 0 Å². The molecule has 5 nitrogen and oxygen atoms in total. The molecule has 0 aromatic carbocycles. The van der Waals surface area contributed by atoms with Crippen LogP contribution < -0.4 is 11.1 Å². The number of unbranched alkanes of at least 4 members (excludes halogenated alkanes) is 13. The molecule has 0 radical (unpaired) electrons. The molecule has 0 spiro atoms. The fourth-order valence-corrected chi connectivity index (χ4v) is 3.58. The standard InChI is InChI=1S/C23H44N4O/c1-2-3-4-5-6-7-8-9-10-11-12-13-14-15-19-25-22(28)18-16-17-21-20-26-23(24)27-21/h20H,2-19H2,1H3,(H,25,28)(H3,24,26,27). The molecule has 0 atom stereocenters. The zero-order chi connectivity index (χ0) is 20.3. The summed E-state index contributed by atoms with van der Waals surface area (Å²) in [5.41, 5.74) is 6.53. The second kappa shape index (κ2) is 17.6. The van der Waals surface area contributed by atoms with Gasteiger partial charge >= 0.3 is 0 Å². The van der Waals surface area contributed by atoms with E-state index in [1.807, 2.05) is 0 Å². The van der Waals surface area contributed by atoms with Crippen LogP contribution in [0.4, 0.5) is 5.95 Å². The molecule has 0 saturated carbocycles. The zero-order valence-corrected chi connectivity index (χ0v) is 18.2. The molecule has 4 N–H and O–H groups in total. The van der Waals surface area contributed by atoms with Crippen molar-refractivity contribution >= 4 is 11.9 Å². The summed E-state index contributed by atoms with van der Waals surface area (Å²) in [4.78, 5) is 18.8. The fourth-order valence-electron chi connectivity index (χ4n) is 3.58. The van der Waals surface area contributed by atoms with Crippen molar-refractivity contribution in [2.24, 2.45) is 0 Å². The molecule has 1 heterocycles. The number of aromatic nitrogens is 2. The first-order valence-electron chi connectivity index (χ1n) is 11.8. The number of nitrogens with zero attached hydrogens (tertiary/aromatic N) is 1. The van der Waals surface area contributed by atoms with Gasteiger partial charge in [-0.3, -0.25) is 4.79 Å². The lowest BCUT2D eigenvalue weighted by Gasteiger charge is -2.05. The number of nitrogen functional groups attached to an aromatic ring is 1. The number of amides is 1. The van der Waals surface area contributed by atoms with Crippen LogP contribution in [0.3, 0.4) is 0 Å². The Hall–Kier alpha value is -1.52. The first-order valence-corrected chi connectivity index (χ1v) is 11.8. The maximum atomic E-state index is 11.8. The number of nitrogens with two attached hydrogens (primary N) is 1. The van der Waals surface area contributed by atoms with Gasteiger partial charge in [0.05, 0.1) is 6.20 Å². The van der Waals surface area contributed by atoms with Gasteiger partial charge in [0.2, 0.25) is 5.91 Å². The van der Waals surface area contributed by atoms with Gasteiger partial charge in [-0.05, 0) is 19.3 Å². The minimum atomic E-state index is 0.155. The number of imidazole rings is 1. The van der Waals surface area contributed by atoms with E-state index in [1.54, 1.807) is 6.20 Å². The molecule has 0 bridgehead atoms. The zero-order valence-electron chi connectivity index (χ0n) is 18.2. The van der Waals surface area contributed by atoms with Crippen molar-refractivity contribution in [2.45, 2.75) is 116 Å². The number of carbonyl (C=O) groups excluding carboxylic acids is 1. The first kappa shape index (κ1) is 24.5. The maximum Gasteiger partial charge on any atom is 0.220 e. The van der Waals surface area contributed by atoms with Crippen molar-refractivity contribution in [3.63, 3.8) is 0 Å². The Labute approximate surface area is 172 Å². The van der Waals surface area contributed by atoms with E-state index in [2.05, 4.69) is 22.2 Å². The molecule has 162 valence electrons. The molecule has 1 amide bonds. The van der Waals surface area contributed by atoms with E-state index in [-0.39, 0.29) is 5.91 Å². The van der Waals surface area contributed by atoms with Gasteiger partial charge in [0.25, 0.3) is 0 Å². The third-order valence-corrected chi connectivity index (χ3v) is 5.35. The fraction of sp³-hybridized carbons (Fsp3) is 0.826. The van der Waals surface area contributed by atoms with Gasteiger partial charge in [0.15, 0.2) is 5.95 Å². The number of hydrogen-bond acceptors (Lipinski definition) is 3. The number of rotatable bonds is 19. The molecule has 1 rings (SSSR count). The number of aromatic amines is 1. The first-order chi connectivity index (χ1) is 13.7. The molecule has 1 aromatic rings. The lowest BCUT2D eigenvalue weighted by molar-refractivity contribution is -0.121. The van der Waals surface area contributed by atoms with Crippen LogP contribution in [-0.4, -0.2) is 22.4 Å². The van der Waals surface area contributed by atoms with Gasteiger partial charge in [0, 0.05) is 18.7 Å². The summed E-state index contributed by atoms with van der Waals surface area (Å²) >= 11 is 0. The van der Waals surface area contributed by atoms with Crippen molar-refractivity contribution in [3.05, 3.63) is 11.9 Å². The Bertz CT molecular complexity index is 487. The van der Waals surface area contributed by atoms with Crippen molar-refractivity contribution in [1.29, 1.82) is 0 Å². The Balaban J connectivity index is 1.76. The minimum Gasteiger partial charge on any atom is -0.369 e. The third-order valence-electron chi connectivity index (χ3n) is 5.35. The molecule has 0 fully saturated rings. The molecule has 28 heavy (non-hydrogen) atoms. The third kappa shape index (κ3) is 14.5. The number of hydrogen-bond donors (Lipinski definition) is 3. The summed E-state index contributed by atoms with van der Waals surface area (Å²) in [7, 11) is 0. The topological polar surface area (TPSA) is 83.8 Å². The number of anilines is 1. The van der Waals surface area contributed by atoms with E-state index < -0.39 is 0 Å². The van der Waals surface area contributed by atoms with Crippen LogP contribution in [0.25, 0.3) is 0 Å². The van der Waals surface area contributed by atoms with Crippen molar-refractivity contribution in [3.8, 4) is 0 Å². The summed E-state index contributed by atoms with van der Waals surface area (Å²) in [6.07, 6.45) is 23.0. The molecule has 0 aliphatic heterocycles. The predicted molar refractivity (Wildman–Crippen MR) is 119 cm³/mol. The number of H-pyrrole nitrogens is 1. The smallest absolute Gasteiger partial charge is 0.220 e. The van der Waals surface area contributed by atoms with E-state index in [1.165, 1.54) is 83.5 Å². The molecule has 0 aliphatic rings. The molecule has 1 aromatic heterocycles. The summed E-state index contributed by atoms with van der Waals surface area (Å²) in [5.74, 6) is 0.597. The summed E-state index contributed by atoms with van der Waals surface area (Å²) in [6, 6.07) is 0. The lowest BCUT2D eigenvalue weighted by atomic mass is 10.0. The lowest BCUT2D eigenvalue weighted by Crippen LogP contribution is -2.24. The number of aryl methyl sites for hydroxylation is 1. The quantitative estimate of drug-likeness (QED) is 0.256. The van der Waals surface area contributed by atoms with Crippen molar-refractivity contribution in [2.75, 3.05) is 12.3 Å². The number of carbonyl (C=O) groups is 1. The summed E-state index contributed by atoms with van der Waals surface area (Å²) < 4.78 is 0. The molecule has 0 aliphatic carbocycles. The van der Waals surface area contributed by atoms with Crippen LogP contribution in [0.2, 0.25) is 0 Å². The van der Waals surface area contributed by atoms with E-state index >= 15 is 0 Å². The van der Waals surface area contributed by atoms with Crippen LogP contribution in [-0.2, 0) is 11.2 Å². The molecule has 0 saturated heterocycles.